The molecule has 0 amide bonds. The van der Waals surface area contributed by atoms with E-state index in [0.29, 0.717) is 12.2 Å². The van der Waals surface area contributed by atoms with Crippen molar-refractivity contribution in [2.75, 3.05) is 5.32 Å². The molecule has 0 saturated carbocycles. The fourth-order valence-corrected chi connectivity index (χ4v) is 4.75. The molecule has 29 heavy (non-hydrogen) atoms. The highest BCUT2D eigenvalue weighted by Gasteiger charge is 2.43. The zero-order valence-corrected chi connectivity index (χ0v) is 17.0. The van der Waals surface area contributed by atoms with Crippen LogP contribution >= 0.6 is 0 Å². The average Bonchev–Trinajstić information content (AvgIpc) is 2.67. The Morgan fingerprint density at radius 2 is 1.62 bits per heavy atom. The lowest BCUT2D eigenvalue weighted by Gasteiger charge is -2.41. The molecule has 0 aromatic heterocycles. The smallest absolute Gasteiger partial charge is 0.240 e. The van der Waals surface area contributed by atoms with Crippen molar-refractivity contribution in [2.24, 2.45) is 0 Å². The predicted molar refractivity (Wildman–Crippen MR) is 118 cm³/mol. The number of anilines is 1. The minimum atomic E-state index is -1.45. The number of nitrogens with one attached hydrogen (secondary N) is 1. The van der Waals surface area contributed by atoms with Crippen molar-refractivity contribution in [1.82, 2.24) is 0 Å². The lowest BCUT2D eigenvalue weighted by Crippen LogP contribution is -2.40. The topological polar surface area (TPSA) is 41.5 Å². The zero-order chi connectivity index (χ0) is 20.2. The molecule has 1 atom stereocenters. The van der Waals surface area contributed by atoms with Gasteiger partial charge in [-0.2, -0.15) is 0 Å². The quantitative estimate of drug-likeness (QED) is 0.593. The van der Waals surface area contributed by atoms with Crippen molar-refractivity contribution in [2.45, 2.75) is 38.5 Å². The molecule has 0 fully saturated rings. The van der Waals surface area contributed by atoms with Crippen LogP contribution < -0.4 is 10.1 Å². The fraction of sp³-hybridized carbons (Fsp3) is 0.231. The number of aliphatic hydroxyl groups is 1. The summed E-state index contributed by atoms with van der Waals surface area (Å²) in [6.45, 7) is 6.42. The van der Waals surface area contributed by atoms with Crippen molar-refractivity contribution in [1.29, 1.82) is 0 Å². The normalized spacial score (nSPS) is 21.0. The number of ether oxygens (including phenoxy) is 1. The number of hydrogen-bond acceptors (Lipinski definition) is 3. The molecule has 3 nitrogen and oxygen atoms in total. The lowest BCUT2D eigenvalue weighted by molar-refractivity contribution is -0.146. The van der Waals surface area contributed by atoms with E-state index >= 15 is 0 Å². The van der Waals surface area contributed by atoms with Gasteiger partial charge in [-0.15, -0.1) is 0 Å². The summed E-state index contributed by atoms with van der Waals surface area (Å²) in [6, 6.07) is 22.2. The number of benzene rings is 3. The van der Waals surface area contributed by atoms with Gasteiger partial charge in [0, 0.05) is 28.8 Å². The van der Waals surface area contributed by atoms with Gasteiger partial charge in [-0.25, -0.2) is 0 Å². The molecule has 2 aliphatic heterocycles. The van der Waals surface area contributed by atoms with Gasteiger partial charge in [0.05, 0.1) is 5.54 Å². The molecule has 3 aromatic rings. The first-order valence-electron chi connectivity index (χ1n) is 10.1. The molecule has 2 heterocycles. The Morgan fingerprint density at radius 3 is 2.41 bits per heavy atom. The molecule has 146 valence electrons. The van der Waals surface area contributed by atoms with Crippen LogP contribution in [-0.4, -0.2) is 10.6 Å². The summed E-state index contributed by atoms with van der Waals surface area (Å²) < 4.78 is 6.32. The summed E-state index contributed by atoms with van der Waals surface area (Å²) in [4.78, 5) is 0. The lowest BCUT2D eigenvalue weighted by atomic mass is 9.79. The molecular weight excluding hydrogens is 358 g/mol. The number of fused-ring (bicyclic) bond motifs is 5. The number of allylic oxidation sites excluding steroid dienone is 1. The van der Waals surface area contributed by atoms with Crippen LogP contribution in [0.1, 0.15) is 37.5 Å². The Labute approximate surface area is 171 Å². The monoisotopic (exact) mass is 383 g/mol. The second kappa shape index (κ2) is 6.23. The highest BCUT2D eigenvalue weighted by molar-refractivity contribution is 5.90. The maximum atomic E-state index is 12.0. The Morgan fingerprint density at radius 1 is 0.897 bits per heavy atom. The third-order valence-corrected chi connectivity index (χ3v) is 5.77. The third kappa shape index (κ3) is 2.93. The van der Waals surface area contributed by atoms with Crippen molar-refractivity contribution in [3.8, 4) is 16.9 Å². The van der Waals surface area contributed by atoms with E-state index in [1.807, 2.05) is 48.5 Å². The van der Waals surface area contributed by atoms with Gasteiger partial charge in [-0.1, -0.05) is 60.7 Å². The Bertz CT molecular complexity index is 1130. The first-order chi connectivity index (χ1) is 13.9. The molecule has 1 unspecified atom stereocenters. The van der Waals surface area contributed by atoms with Gasteiger partial charge in [-0.3, -0.25) is 0 Å². The first kappa shape index (κ1) is 18.0. The Balaban J connectivity index is 1.77. The van der Waals surface area contributed by atoms with E-state index < -0.39 is 5.79 Å². The van der Waals surface area contributed by atoms with Gasteiger partial charge >= 0.3 is 0 Å². The van der Waals surface area contributed by atoms with Crippen molar-refractivity contribution in [3.63, 3.8) is 0 Å². The highest BCUT2D eigenvalue weighted by Crippen LogP contribution is 2.51. The number of rotatable bonds is 2. The van der Waals surface area contributed by atoms with E-state index in [4.69, 9.17) is 4.74 Å². The summed E-state index contributed by atoms with van der Waals surface area (Å²) in [5.41, 5.74) is 6.99. The first-order valence-corrected chi connectivity index (χ1v) is 10.1. The summed E-state index contributed by atoms with van der Waals surface area (Å²) in [6.07, 6.45) is 2.60. The van der Waals surface area contributed by atoms with Gasteiger partial charge in [0.1, 0.15) is 5.75 Å². The summed E-state index contributed by atoms with van der Waals surface area (Å²) in [7, 11) is 0. The average molecular weight is 383 g/mol. The molecule has 2 N–H and O–H groups in total. The van der Waals surface area contributed by atoms with Crippen molar-refractivity contribution >= 4 is 11.3 Å². The summed E-state index contributed by atoms with van der Waals surface area (Å²) in [5, 5.41) is 15.5. The summed E-state index contributed by atoms with van der Waals surface area (Å²) in [5.74, 6) is -0.738. The fourth-order valence-electron chi connectivity index (χ4n) is 4.75. The molecule has 5 rings (SSSR count). The Kier molecular flexibility index (Phi) is 3.87. The zero-order valence-electron chi connectivity index (χ0n) is 17.0. The molecule has 0 bridgehead atoms. The van der Waals surface area contributed by atoms with Crippen LogP contribution in [-0.2, 0) is 12.2 Å². The van der Waals surface area contributed by atoms with E-state index in [1.54, 1.807) is 0 Å². The van der Waals surface area contributed by atoms with E-state index in [0.717, 1.165) is 39.1 Å². The number of hydrogen-bond donors (Lipinski definition) is 2. The molecule has 0 aliphatic carbocycles. The molecular formula is C26H25NO2. The van der Waals surface area contributed by atoms with Gasteiger partial charge in [0.2, 0.25) is 5.79 Å². The number of para-hydroxylation sites is 1. The van der Waals surface area contributed by atoms with Crippen molar-refractivity contribution in [3.05, 3.63) is 89.5 Å². The molecule has 3 aromatic carbocycles. The second-order valence-corrected chi connectivity index (χ2v) is 8.63. The standard InChI is InChI=1S/C26H25NO2/c1-17-15-25(2,3)27-21-14-13-20-19-11-7-8-12-22(19)29-26(28,24(20)23(17)21)16-18-9-5-4-6-10-18/h4-15,27-28H,16H2,1-3H3. The summed E-state index contributed by atoms with van der Waals surface area (Å²) >= 11 is 0. The van der Waals surface area contributed by atoms with Crippen LogP contribution in [0.5, 0.6) is 5.75 Å². The van der Waals surface area contributed by atoms with E-state index in [9.17, 15) is 5.11 Å². The Hall–Kier alpha value is -3.04. The SMILES string of the molecule is CC1=CC(C)(C)Nc2ccc3c(c21)C(O)(Cc1ccccc1)Oc1ccccc1-3. The van der Waals surface area contributed by atoms with E-state index in [1.165, 1.54) is 0 Å². The van der Waals surface area contributed by atoms with Gasteiger partial charge in [0.15, 0.2) is 0 Å². The van der Waals surface area contributed by atoms with Gasteiger partial charge < -0.3 is 15.2 Å². The van der Waals surface area contributed by atoms with Gasteiger partial charge in [-0.05, 0) is 49.6 Å². The maximum absolute atomic E-state index is 12.0. The largest absolute Gasteiger partial charge is 0.457 e. The van der Waals surface area contributed by atoms with Crippen molar-refractivity contribution < 1.29 is 9.84 Å². The van der Waals surface area contributed by atoms with Crippen LogP contribution in [0.2, 0.25) is 0 Å². The molecule has 2 aliphatic rings. The van der Waals surface area contributed by atoms with Crippen LogP contribution in [0.15, 0.2) is 72.8 Å². The van der Waals surface area contributed by atoms with Gasteiger partial charge in [0.25, 0.3) is 0 Å². The minimum Gasteiger partial charge on any atom is -0.457 e. The van der Waals surface area contributed by atoms with Crippen LogP contribution in [0.25, 0.3) is 16.7 Å². The second-order valence-electron chi connectivity index (χ2n) is 8.63. The molecule has 0 spiro atoms. The van der Waals surface area contributed by atoms with E-state index in [-0.39, 0.29) is 5.54 Å². The minimum absolute atomic E-state index is 0.143. The van der Waals surface area contributed by atoms with Crippen LogP contribution in [0, 0.1) is 0 Å². The van der Waals surface area contributed by atoms with E-state index in [2.05, 4.69) is 50.4 Å². The van der Waals surface area contributed by atoms with Crippen LogP contribution in [0.3, 0.4) is 0 Å². The van der Waals surface area contributed by atoms with Crippen LogP contribution in [0.4, 0.5) is 5.69 Å². The predicted octanol–water partition coefficient (Wildman–Crippen LogP) is 5.74. The third-order valence-electron chi connectivity index (χ3n) is 5.77. The molecule has 3 heteroatoms. The highest BCUT2D eigenvalue weighted by atomic mass is 16.6. The molecule has 0 radical (unpaired) electrons. The maximum Gasteiger partial charge on any atom is 0.240 e. The molecule has 0 saturated heterocycles.